The fourth-order valence-corrected chi connectivity index (χ4v) is 2.60. The molecular weight excluding hydrogens is 283 g/mol. The number of carbonyl (C=O) groups is 1. The van der Waals surface area contributed by atoms with Crippen molar-refractivity contribution < 1.29 is 18.0 Å². The summed E-state index contributed by atoms with van der Waals surface area (Å²) in [6.07, 6.45) is -2.16. The summed E-state index contributed by atoms with van der Waals surface area (Å²) in [5, 5.41) is 7.43. The molecule has 1 aromatic carbocycles. The van der Waals surface area contributed by atoms with Crippen LogP contribution >= 0.6 is 0 Å². The first-order valence-corrected chi connectivity index (χ1v) is 6.72. The van der Waals surface area contributed by atoms with Gasteiger partial charge in [0.25, 0.3) is 0 Å². The van der Waals surface area contributed by atoms with Crippen LogP contribution in [0.4, 0.5) is 13.2 Å². The Labute approximate surface area is 118 Å². The molecule has 2 atom stereocenters. The van der Waals surface area contributed by atoms with E-state index in [9.17, 15) is 18.0 Å². The minimum atomic E-state index is -4.24. The summed E-state index contributed by atoms with van der Waals surface area (Å²) >= 11 is 0. The first-order valence-electron chi connectivity index (χ1n) is 6.72. The molecule has 1 fully saturated rings. The van der Waals surface area contributed by atoms with Crippen LogP contribution < -0.4 is 5.32 Å². The lowest BCUT2D eigenvalue weighted by Crippen LogP contribution is -2.53. The van der Waals surface area contributed by atoms with Crippen molar-refractivity contribution in [2.45, 2.75) is 31.6 Å². The third-order valence-electron chi connectivity index (χ3n) is 3.89. The number of hydrogen-bond acceptors (Lipinski definition) is 2. The first-order chi connectivity index (χ1) is 9.95. The molecule has 1 aliphatic rings. The lowest BCUT2D eigenvalue weighted by atomic mass is 9.79. The highest BCUT2D eigenvalue weighted by atomic mass is 19.4. The van der Waals surface area contributed by atoms with Crippen LogP contribution in [-0.4, -0.2) is 27.9 Å². The predicted molar refractivity (Wildman–Crippen MR) is 70.4 cm³/mol. The second-order valence-corrected chi connectivity index (χ2v) is 5.26. The summed E-state index contributed by atoms with van der Waals surface area (Å²) in [5.74, 6) is -1.86. The molecule has 1 amide bonds. The number of carbonyl (C=O) groups excluding carboxylic acids is 1. The average Bonchev–Trinajstić information content (AvgIpc) is 2.76. The molecule has 1 saturated carbocycles. The van der Waals surface area contributed by atoms with Crippen LogP contribution in [0.5, 0.6) is 0 Å². The van der Waals surface area contributed by atoms with E-state index in [2.05, 4.69) is 10.4 Å². The van der Waals surface area contributed by atoms with Gasteiger partial charge in [-0.3, -0.25) is 9.48 Å². The maximum Gasteiger partial charge on any atom is 0.393 e. The fourth-order valence-electron chi connectivity index (χ4n) is 2.60. The SMILES string of the molecule is O=C(Cn1ncc2ccccc21)NC1CCC1C(F)(F)F. The van der Waals surface area contributed by atoms with Gasteiger partial charge in [0.15, 0.2) is 0 Å². The molecule has 4 nitrogen and oxygen atoms in total. The molecular formula is C14H14F3N3O. The van der Waals surface area contributed by atoms with E-state index in [1.807, 2.05) is 24.3 Å². The average molecular weight is 297 g/mol. The molecule has 0 aliphatic heterocycles. The number of halogens is 3. The Morgan fingerprint density at radius 1 is 1.33 bits per heavy atom. The summed E-state index contributed by atoms with van der Waals surface area (Å²) < 4.78 is 39.3. The summed E-state index contributed by atoms with van der Waals surface area (Å²) in [5.41, 5.74) is 0.786. The van der Waals surface area contributed by atoms with Crippen molar-refractivity contribution in [2.75, 3.05) is 0 Å². The standard InChI is InChI=1S/C14H14F3N3O/c15-14(16,17)10-5-6-11(10)19-13(21)8-20-12-4-2-1-3-9(12)7-18-20/h1-4,7,10-11H,5-6,8H2,(H,19,21). The molecule has 112 valence electrons. The number of nitrogens with zero attached hydrogens (tertiary/aromatic N) is 2. The number of amides is 1. The van der Waals surface area contributed by atoms with Gasteiger partial charge >= 0.3 is 6.18 Å². The molecule has 1 aromatic heterocycles. The molecule has 2 aromatic rings. The van der Waals surface area contributed by atoms with E-state index < -0.39 is 24.0 Å². The topological polar surface area (TPSA) is 46.9 Å². The quantitative estimate of drug-likeness (QED) is 0.946. The minimum Gasteiger partial charge on any atom is -0.351 e. The Balaban J connectivity index is 1.65. The molecule has 1 N–H and O–H groups in total. The number of aromatic nitrogens is 2. The molecule has 1 aliphatic carbocycles. The summed E-state index contributed by atoms with van der Waals surface area (Å²) in [4.78, 5) is 11.9. The number of benzene rings is 1. The summed E-state index contributed by atoms with van der Waals surface area (Å²) in [6.45, 7) is -0.0748. The number of hydrogen-bond donors (Lipinski definition) is 1. The van der Waals surface area contributed by atoms with Gasteiger partial charge in [0.1, 0.15) is 6.54 Å². The Morgan fingerprint density at radius 3 is 2.76 bits per heavy atom. The van der Waals surface area contributed by atoms with Crippen molar-refractivity contribution in [3.8, 4) is 0 Å². The van der Waals surface area contributed by atoms with Crippen LogP contribution in [0.1, 0.15) is 12.8 Å². The zero-order chi connectivity index (χ0) is 15.0. The molecule has 0 radical (unpaired) electrons. The second kappa shape index (κ2) is 5.05. The number of nitrogens with one attached hydrogen (secondary N) is 1. The van der Waals surface area contributed by atoms with Crippen LogP contribution in [0.2, 0.25) is 0 Å². The van der Waals surface area contributed by atoms with Gasteiger partial charge < -0.3 is 5.32 Å². The smallest absolute Gasteiger partial charge is 0.351 e. The number of rotatable bonds is 3. The Bertz CT molecular complexity index is 665. The third kappa shape index (κ3) is 2.72. The molecule has 0 saturated heterocycles. The molecule has 7 heteroatoms. The van der Waals surface area contributed by atoms with Crippen molar-refractivity contribution in [3.05, 3.63) is 30.5 Å². The first kappa shape index (κ1) is 13.9. The van der Waals surface area contributed by atoms with Crippen molar-refractivity contribution >= 4 is 16.8 Å². The van der Waals surface area contributed by atoms with Crippen LogP contribution in [0.25, 0.3) is 10.9 Å². The number of fused-ring (bicyclic) bond motifs is 1. The van der Waals surface area contributed by atoms with Gasteiger partial charge in [-0.15, -0.1) is 0 Å². The van der Waals surface area contributed by atoms with Gasteiger partial charge in [0, 0.05) is 11.4 Å². The van der Waals surface area contributed by atoms with Gasteiger partial charge in [-0.1, -0.05) is 18.2 Å². The Morgan fingerprint density at radius 2 is 2.10 bits per heavy atom. The monoisotopic (exact) mass is 297 g/mol. The van der Waals surface area contributed by atoms with Crippen molar-refractivity contribution in [2.24, 2.45) is 5.92 Å². The molecule has 3 rings (SSSR count). The highest BCUT2D eigenvalue weighted by Crippen LogP contribution is 2.41. The van der Waals surface area contributed by atoms with Crippen molar-refractivity contribution in [3.63, 3.8) is 0 Å². The van der Waals surface area contributed by atoms with Crippen molar-refractivity contribution in [1.29, 1.82) is 0 Å². The lowest BCUT2D eigenvalue weighted by molar-refractivity contribution is -0.203. The summed E-state index contributed by atoms with van der Waals surface area (Å²) in [6, 6.07) is 6.56. The minimum absolute atomic E-state index is 0.0748. The fraction of sp³-hybridized carbons (Fsp3) is 0.429. The van der Waals surface area contributed by atoms with E-state index in [-0.39, 0.29) is 13.0 Å². The van der Waals surface area contributed by atoms with Crippen LogP contribution in [0.3, 0.4) is 0 Å². The van der Waals surface area contributed by atoms with E-state index >= 15 is 0 Å². The summed E-state index contributed by atoms with van der Waals surface area (Å²) in [7, 11) is 0. The highest BCUT2D eigenvalue weighted by Gasteiger charge is 2.50. The molecule has 21 heavy (non-hydrogen) atoms. The second-order valence-electron chi connectivity index (χ2n) is 5.26. The van der Waals surface area contributed by atoms with Gasteiger partial charge in [-0.05, 0) is 18.9 Å². The van der Waals surface area contributed by atoms with Gasteiger partial charge in [-0.25, -0.2) is 0 Å². The molecule has 2 unspecified atom stereocenters. The van der Waals surface area contributed by atoms with E-state index in [1.165, 1.54) is 4.68 Å². The van der Waals surface area contributed by atoms with Gasteiger partial charge in [0.05, 0.1) is 17.6 Å². The third-order valence-corrected chi connectivity index (χ3v) is 3.89. The Kier molecular flexibility index (Phi) is 3.35. The zero-order valence-corrected chi connectivity index (χ0v) is 11.1. The van der Waals surface area contributed by atoms with Crippen LogP contribution in [0, 0.1) is 5.92 Å². The molecule has 0 bridgehead atoms. The molecule has 1 heterocycles. The zero-order valence-electron chi connectivity index (χ0n) is 11.1. The van der Waals surface area contributed by atoms with Crippen molar-refractivity contribution in [1.82, 2.24) is 15.1 Å². The molecule has 0 spiro atoms. The highest BCUT2D eigenvalue weighted by molar-refractivity contribution is 5.82. The van der Waals surface area contributed by atoms with E-state index in [4.69, 9.17) is 0 Å². The maximum absolute atomic E-state index is 12.6. The largest absolute Gasteiger partial charge is 0.393 e. The number of para-hydroxylation sites is 1. The maximum atomic E-state index is 12.6. The number of alkyl halides is 3. The van der Waals surface area contributed by atoms with E-state index in [1.54, 1.807) is 6.20 Å². The van der Waals surface area contributed by atoms with E-state index in [0.29, 0.717) is 6.42 Å². The predicted octanol–water partition coefficient (Wildman–Crippen LogP) is 2.49. The van der Waals surface area contributed by atoms with Crippen LogP contribution in [-0.2, 0) is 11.3 Å². The van der Waals surface area contributed by atoms with Crippen LogP contribution in [0.15, 0.2) is 30.5 Å². The normalized spacial score (nSPS) is 22.0. The van der Waals surface area contributed by atoms with Gasteiger partial charge in [0.2, 0.25) is 5.91 Å². The van der Waals surface area contributed by atoms with Gasteiger partial charge in [-0.2, -0.15) is 18.3 Å². The Hall–Kier alpha value is -2.05. The van der Waals surface area contributed by atoms with E-state index in [0.717, 1.165) is 10.9 Å². The lowest BCUT2D eigenvalue weighted by Gasteiger charge is -2.38.